The second-order valence-electron chi connectivity index (χ2n) is 8.81. The van der Waals surface area contributed by atoms with Gasteiger partial charge < -0.3 is 19.4 Å². The fourth-order valence-corrected chi connectivity index (χ4v) is 5.53. The van der Waals surface area contributed by atoms with Gasteiger partial charge in [-0.05, 0) is 38.5 Å². The standard InChI is InChI=1S/C22H37N3O4/c1-4-17(5-2)20(27)24-13-9-18-22(16-24,21(28)23-11-6-7-12-23)10-8-19(26)25(18)14-15-29-3/h17-18H,4-16H2,1-3H3/t18-,22+/m1/s1. The molecule has 0 spiro atoms. The number of hydrogen-bond acceptors (Lipinski definition) is 4. The van der Waals surface area contributed by atoms with E-state index in [1.165, 1.54) is 0 Å². The Hall–Kier alpha value is -1.63. The first-order valence-corrected chi connectivity index (χ1v) is 11.3. The summed E-state index contributed by atoms with van der Waals surface area (Å²) in [5.74, 6) is 0.441. The summed E-state index contributed by atoms with van der Waals surface area (Å²) in [5, 5.41) is 0. The number of nitrogens with zero attached hydrogens (tertiary/aromatic N) is 3. The molecular formula is C22H37N3O4. The average molecular weight is 408 g/mol. The fraction of sp³-hybridized carbons (Fsp3) is 0.864. The third-order valence-corrected chi connectivity index (χ3v) is 7.27. The molecule has 0 aromatic carbocycles. The maximum atomic E-state index is 13.8. The summed E-state index contributed by atoms with van der Waals surface area (Å²) in [6, 6.07) is -0.141. The second kappa shape index (κ2) is 9.45. The molecule has 3 rings (SSSR count). The van der Waals surface area contributed by atoms with Crippen LogP contribution in [-0.2, 0) is 19.1 Å². The summed E-state index contributed by atoms with van der Waals surface area (Å²) < 4.78 is 5.23. The van der Waals surface area contributed by atoms with Crippen molar-refractivity contribution in [2.45, 2.75) is 64.8 Å². The molecule has 7 nitrogen and oxygen atoms in total. The van der Waals surface area contributed by atoms with Gasteiger partial charge in [0.15, 0.2) is 0 Å². The lowest BCUT2D eigenvalue weighted by Crippen LogP contribution is -2.68. The molecule has 7 heteroatoms. The van der Waals surface area contributed by atoms with E-state index in [0.717, 1.165) is 38.8 Å². The number of ether oxygens (including phenoxy) is 1. The van der Waals surface area contributed by atoms with Crippen molar-refractivity contribution in [1.29, 1.82) is 0 Å². The lowest BCUT2D eigenvalue weighted by Gasteiger charge is -2.55. The zero-order valence-corrected chi connectivity index (χ0v) is 18.3. The largest absolute Gasteiger partial charge is 0.383 e. The predicted molar refractivity (Wildman–Crippen MR) is 110 cm³/mol. The van der Waals surface area contributed by atoms with Gasteiger partial charge in [0.2, 0.25) is 17.7 Å². The fourth-order valence-electron chi connectivity index (χ4n) is 5.53. The summed E-state index contributed by atoms with van der Waals surface area (Å²) in [4.78, 5) is 45.4. The molecule has 0 unspecified atom stereocenters. The lowest BCUT2D eigenvalue weighted by atomic mass is 9.67. The summed E-state index contributed by atoms with van der Waals surface area (Å²) in [5.41, 5.74) is -0.675. The van der Waals surface area contributed by atoms with Crippen LogP contribution in [0, 0.1) is 11.3 Å². The molecule has 0 radical (unpaired) electrons. The zero-order valence-electron chi connectivity index (χ0n) is 18.3. The van der Waals surface area contributed by atoms with Gasteiger partial charge in [-0.1, -0.05) is 13.8 Å². The van der Waals surface area contributed by atoms with Crippen molar-refractivity contribution in [3.63, 3.8) is 0 Å². The molecule has 3 aliphatic rings. The molecule has 0 saturated carbocycles. The summed E-state index contributed by atoms with van der Waals surface area (Å²) >= 11 is 0. The van der Waals surface area contributed by atoms with Gasteiger partial charge in [0.1, 0.15) is 0 Å². The molecule has 0 N–H and O–H groups in total. The van der Waals surface area contributed by atoms with Crippen LogP contribution in [0.1, 0.15) is 58.8 Å². The summed E-state index contributed by atoms with van der Waals surface area (Å²) in [7, 11) is 1.63. The van der Waals surface area contributed by atoms with Crippen LogP contribution < -0.4 is 0 Å². The first kappa shape index (κ1) is 22.1. The Morgan fingerprint density at radius 2 is 1.83 bits per heavy atom. The molecular weight excluding hydrogens is 370 g/mol. The molecule has 3 aliphatic heterocycles. The van der Waals surface area contributed by atoms with Crippen molar-refractivity contribution >= 4 is 17.7 Å². The van der Waals surface area contributed by atoms with Gasteiger partial charge in [0.05, 0.1) is 12.0 Å². The molecule has 164 valence electrons. The third-order valence-electron chi connectivity index (χ3n) is 7.27. The first-order chi connectivity index (χ1) is 14.0. The van der Waals surface area contributed by atoms with E-state index in [0.29, 0.717) is 45.5 Å². The van der Waals surface area contributed by atoms with Crippen molar-refractivity contribution in [1.82, 2.24) is 14.7 Å². The van der Waals surface area contributed by atoms with E-state index < -0.39 is 5.41 Å². The maximum absolute atomic E-state index is 13.8. The summed E-state index contributed by atoms with van der Waals surface area (Å²) in [6.45, 7) is 7.72. The highest BCUT2D eigenvalue weighted by molar-refractivity contribution is 5.89. The normalized spacial score (nSPS) is 27.5. The van der Waals surface area contributed by atoms with Gasteiger partial charge in [-0.3, -0.25) is 14.4 Å². The topological polar surface area (TPSA) is 70.2 Å². The minimum absolute atomic E-state index is 0.0142. The maximum Gasteiger partial charge on any atom is 0.232 e. The summed E-state index contributed by atoms with van der Waals surface area (Å²) in [6.07, 6.45) is 5.29. The quantitative estimate of drug-likeness (QED) is 0.646. The van der Waals surface area contributed by atoms with Crippen molar-refractivity contribution in [3.05, 3.63) is 0 Å². The Balaban J connectivity index is 1.91. The van der Waals surface area contributed by atoms with Crippen molar-refractivity contribution in [2.75, 3.05) is 46.4 Å². The van der Waals surface area contributed by atoms with Crippen LogP contribution in [0.15, 0.2) is 0 Å². The molecule has 3 fully saturated rings. The first-order valence-electron chi connectivity index (χ1n) is 11.3. The highest BCUT2D eigenvalue weighted by atomic mass is 16.5. The van der Waals surface area contributed by atoms with E-state index in [2.05, 4.69) is 13.8 Å². The number of carbonyl (C=O) groups excluding carboxylic acids is 3. The molecule has 0 aliphatic carbocycles. The number of carbonyl (C=O) groups is 3. The zero-order chi connectivity index (χ0) is 21.0. The monoisotopic (exact) mass is 407 g/mol. The number of amides is 3. The predicted octanol–water partition coefficient (Wildman–Crippen LogP) is 1.90. The van der Waals surface area contributed by atoms with Crippen LogP contribution >= 0.6 is 0 Å². The molecule has 0 bridgehead atoms. The average Bonchev–Trinajstić information content (AvgIpc) is 3.27. The van der Waals surface area contributed by atoms with Crippen LogP contribution in [-0.4, -0.2) is 84.9 Å². The Morgan fingerprint density at radius 1 is 1.14 bits per heavy atom. The third kappa shape index (κ3) is 4.16. The number of likely N-dealkylation sites (tertiary alicyclic amines) is 3. The second-order valence-corrected chi connectivity index (χ2v) is 8.81. The lowest BCUT2D eigenvalue weighted by molar-refractivity contribution is -0.167. The minimum Gasteiger partial charge on any atom is -0.383 e. The van der Waals surface area contributed by atoms with E-state index in [1.807, 2.05) is 14.7 Å². The number of methoxy groups -OCH3 is 1. The van der Waals surface area contributed by atoms with Crippen LogP contribution in [0.4, 0.5) is 0 Å². The van der Waals surface area contributed by atoms with Gasteiger partial charge in [-0.15, -0.1) is 0 Å². The molecule has 3 heterocycles. The smallest absolute Gasteiger partial charge is 0.232 e. The van der Waals surface area contributed by atoms with Crippen LogP contribution in [0.25, 0.3) is 0 Å². The Bertz CT molecular complexity index is 615. The van der Waals surface area contributed by atoms with Crippen molar-refractivity contribution in [3.8, 4) is 0 Å². The molecule has 0 aromatic rings. The molecule has 2 atom stereocenters. The van der Waals surface area contributed by atoms with Gasteiger partial charge in [-0.2, -0.15) is 0 Å². The van der Waals surface area contributed by atoms with E-state index in [-0.39, 0.29) is 29.7 Å². The SMILES string of the molecule is CCC(CC)C(=O)N1CC[C@H]2N(CCOC)C(=O)CC[C@]2(C(=O)N2CCCC2)C1. The molecule has 29 heavy (non-hydrogen) atoms. The van der Waals surface area contributed by atoms with Gasteiger partial charge in [0.25, 0.3) is 0 Å². The van der Waals surface area contributed by atoms with Crippen molar-refractivity contribution in [2.24, 2.45) is 11.3 Å². The Kier molecular flexibility index (Phi) is 7.19. The van der Waals surface area contributed by atoms with Gasteiger partial charge in [0, 0.05) is 58.2 Å². The van der Waals surface area contributed by atoms with Crippen LogP contribution in [0.3, 0.4) is 0 Å². The molecule has 3 amide bonds. The number of fused-ring (bicyclic) bond motifs is 1. The van der Waals surface area contributed by atoms with Crippen molar-refractivity contribution < 1.29 is 19.1 Å². The van der Waals surface area contributed by atoms with E-state index in [9.17, 15) is 14.4 Å². The van der Waals surface area contributed by atoms with Gasteiger partial charge >= 0.3 is 0 Å². The van der Waals surface area contributed by atoms with Gasteiger partial charge in [-0.25, -0.2) is 0 Å². The number of piperidine rings is 2. The molecule has 3 saturated heterocycles. The van der Waals surface area contributed by atoms with Crippen LogP contribution in [0.2, 0.25) is 0 Å². The van der Waals surface area contributed by atoms with E-state index >= 15 is 0 Å². The minimum atomic E-state index is -0.675. The highest BCUT2D eigenvalue weighted by Gasteiger charge is 2.57. The Morgan fingerprint density at radius 3 is 2.45 bits per heavy atom. The number of rotatable bonds is 7. The van der Waals surface area contributed by atoms with Crippen LogP contribution in [0.5, 0.6) is 0 Å². The van der Waals surface area contributed by atoms with E-state index in [4.69, 9.17) is 4.74 Å². The number of hydrogen-bond donors (Lipinski definition) is 0. The Labute approximate surface area is 174 Å². The highest BCUT2D eigenvalue weighted by Crippen LogP contribution is 2.44. The molecule has 0 aromatic heterocycles. The van der Waals surface area contributed by atoms with E-state index in [1.54, 1.807) is 7.11 Å².